The van der Waals surface area contributed by atoms with E-state index in [1.165, 1.54) is 18.4 Å². The van der Waals surface area contributed by atoms with Crippen molar-refractivity contribution in [2.75, 3.05) is 25.1 Å². The van der Waals surface area contributed by atoms with Gasteiger partial charge in [0.05, 0.1) is 31.2 Å². The second kappa shape index (κ2) is 8.23. The Balaban J connectivity index is 1.65. The van der Waals surface area contributed by atoms with Crippen LogP contribution in [0.25, 0.3) is 0 Å². The third-order valence-electron chi connectivity index (χ3n) is 6.88. The number of pyridine rings is 1. The topological polar surface area (TPSA) is 54.8 Å². The molecule has 29 heavy (non-hydrogen) atoms. The van der Waals surface area contributed by atoms with E-state index >= 15 is 0 Å². The SMILES string of the molecule is COc1ccc([C@@H]2CN(c3cccnc3)C[C@@]2(C)C(C)O)cc1OC1CCCC1. The average molecular weight is 397 g/mol. The molecule has 4 rings (SSSR count). The highest BCUT2D eigenvalue weighted by Gasteiger charge is 2.47. The summed E-state index contributed by atoms with van der Waals surface area (Å²) in [5, 5.41) is 10.7. The predicted molar refractivity (Wildman–Crippen MR) is 115 cm³/mol. The highest BCUT2D eigenvalue weighted by molar-refractivity contribution is 5.50. The van der Waals surface area contributed by atoms with Gasteiger partial charge in [-0.2, -0.15) is 0 Å². The zero-order valence-corrected chi connectivity index (χ0v) is 17.7. The van der Waals surface area contributed by atoms with Gasteiger partial charge >= 0.3 is 0 Å². The van der Waals surface area contributed by atoms with E-state index in [4.69, 9.17) is 9.47 Å². The van der Waals surface area contributed by atoms with Gasteiger partial charge in [-0.15, -0.1) is 0 Å². The molecule has 5 nitrogen and oxygen atoms in total. The molecule has 1 saturated heterocycles. The number of hydrogen-bond acceptors (Lipinski definition) is 5. The molecule has 1 aliphatic carbocycles. The number of aliphatic hydroxyl groups is 1. The number of aromatic nitrogens is 1. The fourth-order valence-electron chi connectivity index (χ4n) is 4.85. The Morgan fingerprint density at radius 3 is 2.66 bits per heavy atom. The summed E-state index contributed by atoms with van der Waals surface area (Å²) in [6, 6.07) is 10.3. The first kappa shape index (κ1) is 20.0. The van der Waals surface area contributed by atoms with Crippen LogP contribution in [0.2, 0.25) is 0 Å². The fourth-order valence-corrected chi connectivity index (χ4v) is 4.85. The van der Waals surface area contributed by atoms with Gasteiger partial charge in [0.2, 0.25) is 0 Å². The van der Waals surface area contributed by atoms with Crippen LogP contribution in [0.3, 0.4) is 0 Å². The van der Waals surface area contributed by atoms with Crippen LogP contribution in [-0.4, -0.2) is 42.5 Å². The number of ether oxygens (including phenoxy) is 2. The minimum Gasteiger partial charge on any atom is -0.493 e. The van der Waals surface area contributed by atoms with Gasteiger partial charge in [0.25, 0.3) is 0 Å². The molecule has 2 heterocycles. The van der Waals surface area contributed by atoms with Crippen molar-refractivity contribution in [3.05, 3.63) is 48.3 Å². The molecule has 3 atom stereocenters. The van der Waals surface area contributed by atoms with Crippen LogP contribution in [0.5, 0.6) is 11.5 Å². The Morgan fingerprint density at radius 1 is 1.21 bits per heavy atom. The van der Waals surface area contributed by atoms with Crippen molar-refractivity contribution in [3.8, 4) is 11.5 Å². The van der Waals surface area contributed by atoms with Crippen molar-refractivity contribution in [2.45, 2.75) is 57.7 Å². The summed E-state index contributed by atoms with van der Waals surface area (Å²) in [7, 11) is 1.69. The molecule has 2 fully saturated rings. The van der Waals surface area contributed by atoms with Gasteiger partial charge < -0.3 is 19.5 Å². The number of rotatable bonds is 6. The van der Waals surface area contributed by atoms with E-state index in [0.717, 1.165) is 43.1 Å². The number of aliphatic hydroxyl groups excluding tert-OH is 1. The number of methoxy groups -OCH3 is 1. The lowest BCUT2D eigenvalue weighted by Crippen LogP contribution is -2.37. The smallest absolute Gasteiger partial charge is 0.161 e. The Hall–Kier alpha value is -2.27. The molecular weight excluding hydrogens is 364 g/mol. The van der Waals surface area contributed by atoms with E-state index in [-0.39, 0.29) is 17.4 Å². The van der Waals surface area contributed by atoms with Crippen LogP contribution in [0, 0.1) is 5.41 Å². The molecule has 0 radical (unpaired) electrons. The summed E-state index contributed by atoms with van der Waals surface area (Å²) in [6.07, 6.45) is 8.21. The highest BCUT2D eigenvalue weighted by Crippen LogP contribution is 2.48. The Labute approximate surface area is 173 Å². The highest BCUT2D eigenvalue weighted by atomic mass is 16.5. The van der Waals surface area contributed by atoms with Crippen LogP contribution < -0.4 is 14.4 Å². The zero-order chi connectivity index (χ0) is 20.4. The zero-order valence-electron chi connectivity index (χ0n) is 17.7. The maximum absolute atomic E-state index is 10.7. The minimum atomic E-state index is -0.435. The standard InChI is InChI=1S/C24H32N2O3/c1-17(27)24(2)16-26(19-7-6-12-25-14-19)15-21(24)18-10-11-22(28-3)23(13-18)29-20-8-4-5-9-20/h6-7,10-14,17,20-21,27H,4-5,8-9,15-16H2,1-3H3/t17?,21-,24-/m0/s1. The summed E-state index contributed by atoms with van der Waals surface area (Å²) in [5.74, 6) is 1.78. The molecular formula is C24H32N2O3. The van der Waals surface area contributed by atoms with Crippen molar-refractivity contribution in [3.63, 3.8) is 0 Å². The molecule has 1 saturated carbocycles. The largest absolute Gasteiger partial charge is 0.493 e. The Kier molecular flexibility index (Phi) is 5.68. The van der Waals surface area contributed by atoms with Crippen LogP contribution in [0.4, 0.5) is 5.69 Å². The van der Waals surface area contributed by atoms with Crippen LogP contribution >= 0.6 is 0 Å². The summed E-state index contributed by atoms with van der Waals surface area (Å²) in [5.41, 5.74) is 2.01. The first-order valence-corrected chi connectivity index (χ1v) is 10.7. The first-order chi connectivity index (χ1) is 14.0. The summed E-state index contributed by atoms with van der Waals surface area (Å²) in [4.78, 5) is 6.60. The molecule has 0 amide bonds. The number of anilines is 1. The van der Waals surface area contributed by atoms with E-state index in [1.807, 2.05) is 25.3 Å². The van der Waals surface area contributed by atoms with Crippen LogP contribution in [0.15, 0.2) is 42.7 Å². The molecule has 0 bridgehead atoms. The molecule has 5 heteroatoms. The molecule has 156 valence electrons. The van der Waals surface area contributed by atoms with Gasteiger partial charge in [-0.05, 0) is 62.4 Å². The summed E-state index contributed by atoms with van der Waals surface area (Å²) >= 11 is 0. The van der Waals surface area contributed by atoms with Gasteiger partial charge in [-0.1, -0.05) is 13.0 Å². The van der Waals surface area contributed by atoms with Crippen molar-refractivity contribution >= 4 is 5.69 Å². The maximum atomic E-state index is 10.7. The quantitative estimate of drug-likeness (QED) is 0.784. The second-order valence-corrected chi connectivity index (χ2v) is 8.76. The van der Waals surface area contributed by atoms with Crippen molar-refractivity contribution in [1.29, 1.82) is 0 Å². The third kappa shape index (κ3) is 3.93. The van der Waals surface area contributed by atoms with Crippen molar-refractivity contribution in [1.82, 2.24) is 4.98 Å². The number of hydrogen-bond donors (Lipinski definition) is 1. The number of nitrogens with zero attached hydrogens (tertiary/aromatic N) is 2. The van der Waals surface area contributed by atoms with Gasteiger partial charge in [0.15, 0.2) is 11.5 Å². The lowest BCUT2D eigenvalue weighted by Gasteiger charge is -2.34. The van der Waals surface area contributed by atoms with Crippen molar-refractivity contribution in [2.24, 2.45) is 5.41 Å². The summed E-state index contributed by atoms with van der Waals surface area (Å²) in [6.45, 7) is 5.70. The average Bonchev–Trinajstić information content (AvgIpc) is 3.37. The second-order valence-electron chi connectivity index (χ2n) is 8.76. The molecule has 2 aromatic rings. The molecule has 0 spiro atoms. The van der Waals surface area contributed by atoms with E-state index in [2.05, 4.69) is 35.0 Å². The van der Waals surface area contributed by atoms with Crippen molar-refractivity contribution < 1.29 is 14.6 Å². The number of benzene rings is 1. The third-order valence-corrected chi connectivity index (χ3v) is 6.88. The Morgan fingerprint density at radius 2 is 2.00 bits per heavy atom. The lowest BCUT2D eigenvalue weighted by atomic mass is 9.72. The molecule has 1 aromatic carbocycles. The predicted octanol–water partition coefficient (Wildman–Crippen LogP) is 4.40. The molecule has 1 N–H and O–H groups in total. The van der Waals surface area contributed by atoms with Crippen LogP contribution in [-0.2, 0) is 0 Å². The van der Waals surface area contributed by atoms with Gasteiger partial charge in [0.1, 0.15) is 0 Å². The van der Waals surface area contributed by atoms with E-state index < -0.39 is 6.10 Å². The fraction of sp³-hybridized carbons (Fsp3) is 0.542. The first-order valence-electron chi connectivity index (χ1n) is 10.7. The van der Waals surface area contributed by atoms with Crippen LogP contribution in [0.1, 0.15) is 51.0 Å². The monoisotopic (exact) mass is 396 g/mol. The molecule has 2 aliphatic rings. The molecule has 1 unspecified atom stereocenters. The van der Waals surface area contributed by atoms with E-state index in [0.29, 0.717) is 0 Å². The van der Waals surface area contributed by atoms with Gasteiger partial charge in [-0.3, -0.25) is 4.98 Å². The molecule has 1 aliphatic heterocycles. The van der Waals surface area contributed by atoms with E-state index in [1.54, 1.807) is 13.3 Å². The van der Waals surface area contributed by atoms with Gasteiger partial charge in [0, 0.05) is 30.6 Å². The maximum Gasteiger partial charge on any atom is 0.161 e. The normalized spacial score (nSPS) is 25.9. The summed E-state index contributed by atoms with van der Waals surface area (Å²) < 4.78 is 11.9. The lowest BCUT2D eigenvalue weighted by molar-refractivity contribution is 0.0558. The Bertz CT molecular complexity index is 820. The minimum absolute atomic E-state index is 0.180. The van der Waals surface area contributed by atoms with Gasteiger partial charge in [-0.25, -0.2) is 0 Å². The van der Waals surface area contributed by atoms with E-state index in [9.17, 15) is 5.11 Å². The molecule has 1 aromatic heterocycles.